The number of benzene rings is 2. The summed E-state index contributed by atoms with van der Waals surface area (Å²) in [6.07, 6.45) is 0.746. The third-order valence-corrected chi connectivity index (χ3v) is 5.73. The van der Waals surface area contributed by atoms with Crippen LogP contribution < -0.4 is 15.2 Å². The van der Waals surface area contributed by atoms with Gasteiger partial charge in [-0.1, -0.05) is 18.2 Å². The summed E-state index contributed by atoms with van der Waals surface area (Å²) in [6.45, 7) is 3.96. The number of hydrogen-bond acceptors (Lipinski definition) is 6. The van der Waals surface area contributed by atoms with Gasteiger partial charge in [-0.3, -0.25) is 0 Å². The largest absolute Gasteiger partial charge is 0.504 e. The average Bonchev–Trinajstić information content (AvgIpc) is 2.64. The summed E-state index contributed by atoms with van der Waals surface area (Å²) in [5.74, 6) is 0.552. The molecule has 0 aliphatic heterocycles. The number of aromatic hydroxyl groups is 1. The van der Waals surface area contributed by atoms with E-state index in [1.165, 1.54) is 13.2 Å². The van der Waals surface area contributed by atoms with Crippen LogP contribution in [0, 0.1) is 6.92 Å². The highest BCUT2D eigenvalue weighted by Crippen LogP contribution is 2.27. The molecule has 7 nitrogen and oxygen atoms in total. The number of halogens is 1. The Morgan fingerprint density at radius 3 is 2.52 bits per heavy atom. The maximum atomic E-state index is 11.6. The van der Waals surface area contributed by atoms with Crippen LogP contribution in [0.15, 0.2) is 41.3 Å². The summed E-state index contributed by atoms with van der Waals surface area (Å²) in [6, 6.07) is 10.1. The van der Waals surface area contributed by atoms with Crippen molar-refractivity contribution in [3.63, 3.8) is 0 Å². The van der Waals surface area contributed by atoms with E-state index in [-0.39, 0.29) is 35.6 Å². The Bertz CT molecular complexity index is 921. The van der Waals surface area contributed by atoms with Crippen molar-refractivity contribution in [3.05, 3.63) is 53.1 Å². The van der Waals surface area contributed by atoms with E-state index in [2.05, 4.69) is 5.32 Å². The van der Waals surface area contributed by atoms with Gasteiger partial charge in [-0.2, -0.15) is 0 Å². The molecule has 0 aliphatic carbocycles. The van der Waals surface area contributed by atoms with Gasteiger partial charge in [-0.15, -0.1) is 12.4 Å². The van der Waals surface area contributed by atoms with E-state index < -0.39 is 16.1 Å². The lowest BCUT2D eigenvalue weighted by molar-refractivity contribution is 0.170. The molecule has 0 fully saturated rings. The number of nitrogens with one attached hydrogen (secondary N) is 1. The predicted octanol–water partition coefficient (Wildman–Crippen LogP) is 2.42. The number of ether oxygens (including phenoxy) is 1. The zero-order valence-corrected chi connectivity index (χ0v) is 18.4. The van der Waals surface area contributed by atoms with Crippen LogP contribution >= 0.6 is 12.4 Å². The van der Waals surface area contributed by atoms with Crippen molar-refractivity contribution in [3.8, 4) is 11.5 Å². The molecule has 0 radical (unpaired) electrons. The van der Waals surface area contributed by atoms with Crippen molar-refractivity contribution < 1.29 is 23.4 Å². The standard InChI is InChI=1S/C20H28N2O5S.ClH/c1-13-4-8-16(11-20(13)28(21,25)26)18(24)12-22-14(2)5-6-15-7-9-17(23)19(10-15)27-3;/h4,7-11,14,18,22-24H,5-6,12H2,1-3H3,(H2,21,25,26);1H. The SMILES string of the molecule is COc1cc(CCC(C)NCC(O)c2ccc(C)c(S(N)(=O)=O)c2)ccc1O.Cl. The lowest BCUT2D eigenvalue weighted by Crippen LogP contribution is -2.31. The van der Waals surface area contributed by atoms with E-state index in [0.717, 1.165) is 18.4 Å². The zero-order chi connectivity index (χ0) is 20.9. The number of aryl methyl sites for hydroxylation is 2. The molecule has 0 heterocycles. The van der Waals surface area contributed by atoms with Crippen LogP contribution in [0.1, 0.15) is 36.1 Å². The number of methoxy groups -OCH3 is 1. The van der Waals surface area contributed by atoms with E-state index >= 15 is 0 Å². The first-order valence-corrected chi connectivity index (χ1v) is 10.6. The van der Waals surface area contributed by atoms with Gasteiger partial charge in [-0.25, -0.2) is 13.6 Å². The van der Waals surface area contributed by atoms with E-state index in [4.69, 9.17) is 9.88 Å². The number of aliphatic hydroxyl groups is 1. The number of nitrogens with two attached hydrogens (primary N) is 1. The molecular weight excluding hydrogens is 416 g/mol. The highest BCUT2D eigenvalue weighted by molar-refractivity contribution is 7.89. The van der Waals surface area contributed by atoms with Gasteiger partial charge in [0.05, 0.1) is 18.1 Å². The van der Waals surface area contributed by atoms with Crippen LogP contribution in [-0.2, 0) is 16.4 Å². The van der Waals surface area contributed by atoms with E-state index in [1.807, 2.05) is 13.0 Å². The van der Waals surface area contributed by atoms with Crippen molar-refractivity contribution >= 4 is 22.4 Å². The van der Waals surface area contributed by atoms with Crippen LogP contribution in [0.5, 0.6) is 11.5 Å². The normalized spacial score (nSPS) is 13.4. The highest BCUT2D eigenvalue weighted by atomic mass is 35.5. The Balaban J connectivity index is 0.00000420. The van der Waals surface area contributed by atoms with Crippen LogP contribution in [0.4, 0.5) is 0 Å². The minimum atomic E-state index is -3.83. The number of phenols is 1. The molecule has 0 saturated heterocycles. The van der Waals surface area contributed by atoms with Crippen molar-refractivity contribution in [1.82, 2.24) is 5.32 Å². The molecule has 0 aromatic heterocycles. The maximum Gasteiger partial charge on any atom is 0.238 e. The number of phenolic OH excluding ortho intramolecular Hbond substituents is 1. The van der Waals surface area contributed by atoms with Crippen molar-refractivity contribution in [1.29, 1.82) is 0 Å². The maximum absolute atomic E-state index is 11.6. The molecule has 2 rings (SSSR count). The second kappa shape index (κ2) is 10.8. The quantitative estimate of drug-likeness (QED) is 0.471. The fourth-order valence-electron chi connectivity index (χ4n) is 2.92. The smallest absolute Gasteiger partial charge is 0.238 e. The van der Waals surface area contributed by atoms with Crippen molar-refractivity contribution in [2.75, 3.05) is 13.7 Å². The average molecular weight is 445 g/mol. The van der Waals surface area contributed by atoms with Crippen molar-refractivity contribution in [2.45, 2.75) is 43.7 Å². The molecule has 162 valence electrons. The summed E-state index contributed by atoms with van der Waals surface area (Å²) in [4.78, 5) is 0.0263. The summed E-state index contributed by atoms with van der Waals surface area (Å²) in [5, 5.41) is 28.5. The van der Waals surface area contributed by atoms with Gasteiger partial charge in [-0.05, 0) is 61.6 Å². The van der Waals surface area contributed by atoms with E-state index in [0.29, 0.717) is 16.9 Å². The molecular formula is C20H29ClN2O5S. The molecule has 2 aromatic carbocycles. The lowest BCUT2D eigenvalue weighted by atomic mass is 10.0. The van der Waals surface area contributed by atoms with Gasteiger partial charge >= 0.3 is 0 Å². The van der Waals surface area contributed by atoms with Crippen LogP contribution in [0.2, 0.25) is 0 Å². The number of sulfonamides is 1. The first-order valence-electron chi connectivity index (χ1n) is 9.02. The summed E-state index contributed by atoms with van der Waals surface area (Å²) >= 11 is 0. The summed E-state index contributed by atoms with van der Waals surface area (Å²) in [5.41, 5.74) is 2.09. The Morgan fingerprint density at radius 1 is 1.21 bits per heavy atom. The molecule has 9 heteroatoms. The number of aliphatic hydroxyl groups excluding tert-OH is 1. The van der Waals surface area contributed by atoms with Gasteiger partial charge in [0.25, 0.3) is 0 Å². The molecule has 2 aromatic rings. The fraction of sp³-hybridized carbons (Fsp3) is 0.400. The third kappa shape index (κ3) is 7.17. The minimum Gasteiger partial charge on any atom is -0.504 e. The molecule has 0 bridgehead atoms. The minimum absolute atomic E-state index is 0. The third-order valence-electron chi connectivity index (χ3n) is 4.67. The zero-order valence-electron chi connectivity index (χ0n) is 16.8. The van der Waals surface area contributed by atoms with Gasteiger partial charge in [0.1, 0.15) is 0 Å². The summed E-state index contributed by atoms with van der Waals surface area (Å²) in [7, 11) is -2.32. The van der Waals surface area contributed by atoms with Crippen molar-refractivity contribution in [2.24, 2.45) is 5.14 Å². The molecule has 0 aliphatic rings. The lowest BCUT2D eigenvalue weighted by Gasteiger charge is -2.18. The second-order valence-electron chi connectivity index (χ2n) is 6.94. The Labute approximate surface area is 178 Å². The molecule has 0 amide bonds. The van der Waals surface area contributed by atoms with E-state index in [1.54, 1.807) is 31.2 Å². The monoisotopic (exact) mass is 444 g/mol. The number of rotatable bonds is 9. The first kappa shape index (κ1) is 25.2. The fourth-order valence-corrected chi connectivity index (χ4v) is 3.74. The topological polar surface area (TPSA) is 122 Å². The predicted molar refractivity (Wildman–Crippen MR) is 115 cm³/mol. The Morgan fingerprint density at radius 2 is 1.90 bits per heavy atom. The molecule has 2 atom stereocenters. The second-order valence-corrected chi connectivity index (χ2v) is 8.47. The van der Waals surface area contributed by atoms with E-state index in [9.17, 15) is 18.6 Å². The molecule has 2 unspecified atom stereocenters. The van der Waals surface area contributed by atoms with Crippen LogP contribution in [-0.4, -0.2) is 38.3 Å². The molecule has 5 N–H and O–H groups in total. The highest BCUT2D eigenvalue weighted by Gasteiger charge is 2.16. The Kier molecular flexibility index (Phi) is 9.38. The van der Waals surface area contributed by atoms with Crippen LogP contribution in [0.25, 0.3) is 0 Å². The van der Waals surface area contributed by atoms with Gasteiger partial charge in [0.2, 0.25) is 10.0 Å². The summed E-state index contributed by atoms with van der Waals surface area (Å²) < 4.78 is 28.4. The van der Waals surface area contributed by atoms with Gasteiger partial charge in [0, 0.05) is 12.6 Å². The van der Waals surface area contributed by atoms with Gasteiger partial charge in [0.15, 0.2) is 11.5 Å². The number of primary sulfonamides is 1. The molecule has 0 spiro atoms. The van der Waals surface area contributed by atoms with Crippen LogP contribution in [0.3, 0.4) is 0 Å². The van der Waals surface area contributed by atoms with Gasteiger partial charge < -0.3 is 20.3 Å². The molecule has 0 saturated carbocycles. The Hall–Kier alpha value is -1.84. The number of hydrogen-bond donors (Lipinski definition) is 4. The first-order chi connectivity index (χ1) is 13.1. The molecule has 29 heavy (non-hydrogen) atoms.